The van der Waals surface area contributed by atoms with Gasteiger partial charge >= 0.3 is 98.0 Å². The number of hydrogen-bond acceptors (Lipinski definition) is 4. The monoisotopic (exact) mass is 309 g/mol. The van der Waals surface area contributed by atoms with Crippen LogP contribution in [0.4, 0.5) is 4.39 Å². The minimum absolute atomic E-state index is 0.0111. The minimum atomic E-state index is -3.60. The Balaban J connectivity index is 2.81. The quantitative estimate of drug-likeness (QED) is 0.737. The molecule has 2 aromatic rings. The molecule has 0 atom stereocenters. The van der Waals surface area contributed by atoms with Gasteiger partial charge < -0.3 is 0 Å². The van der Waals surface area contributed by atoms with Crippen LogP contribution in [0.1, 0.15) is 0 Å². The summed E-state index contributed by atoms with van der Waals surface area (Å²) in [6, 6.07) is 2.33. The summed E-state index contributed by atoms with van der Waals surface area (Å²) in [6.45, 7) is 0. The van der Waals surface area contributed by atoms with Crippen LogP contribution in [-0.2, 0) is 10.0 Å². The molecule has 5 nitrogen and oxygen atoms in total. The Bertz CT molecular complexity index is 638. The molecule has 0 fully saturated rings. The number of benzene rings is 1. The van der Waals surface area contributed by atoms with Crippen LogP contribution in [0.5, 0.6) is 0 Å². The Kier molecular flexibility index (Phi) is 2.83. The van der Waals surface area contributed by atoms with E-state index >= 15 is 0 Å². The van der Waals surface area contributed by atoms with E-state index < -0.39 is 30.8 Å². The average Bonchev–Trinajstić information content (AvgIpc) is 2.66. The standard InChI is InChI=1S/C8H8FN3O2SSe/c1-12(2)15(13,14)6-4-3-5(9)7-8(6)11-16-10-7/h3-4H,1-2H3. The second-order valence-electron chi connectivity index (χ2n) is 3.29. The van der Waals surface area contributed by atoms with Crippen LogP contribution in [0, 0.1) is 5.82 Å². The van der Waals surface area contributed by atoms with Gasteiger partial charge in [0.05, 0.1) is 0 Å². The Hall–Kier alpha value is -0.821. The molecule has 2 rings (SSSR count). The summed E-state index contributed by atoms with van der Waals surface area (Å²) >= 11 is -0.457. The number of hydrogen-bond donors (Lipinski definition) is 0. The first kappa shape index (κ1) is 11.7. The fourth-order valence-electron chi connectivity index (χ4n) is 1.22. The van der Waals surface area contributed by atoms with Crippen molar-refractivity contribution in [1.82, 2.24) is 12.3 Å². The first-order valence-corrected chi connectivity index (χ1v) is 7.25. The van der Waals surface area contributed by atoms with Crippen molar-refractivity contribution in [3.05, 3.63) is 17.9 Å². The van der Waals surface area contributed by atoms with Crippen molar-refractivity contribution in [1.29, 1.82) is 0 Å². The van der Waals surface area contributed by atoms with E-state index in [1.54, 1.807) is 0 Å². The third-order valence-electron chi connectivity index (χ3n) is 2.09. The van der Waals surface area contributed by atoms with Gasteiger partial charge in [-0.3, -0.25) is 0 Å². The molecule has 0 bridgehead atoms. The zero-order chi connectivity index (χ0) is 11.9. The fourth-order valence-corrected chi connectivity index (χ4v) is 3.55. The fraction of sp³-hybridized carbons (Fsp3) is 0.250. The van der Waals surface area contributed by atoms with Gasteiger partial charge in [0, 0.05) is 0 Å². The Morgan fingerprint density at radius 3 is 2.50 bits per heavy atom. The zero-order valence-electron chi connectivity index (χ0n) is 8.51. The van der Waals surface area contributed by atoms with Gasteiger partial charge in [0.2, 0.25) is 0 Å². The van der Waals surface area contributed by atoms with Crippen LogP contribution in [0.15, 0.2) is 17.0 Å². The molecule has 1 aromatic carbocycles. The third kappa shape index (κ3) is 1.67. The van der Waals surface area contributed by atoms with E-state index in [9.17, 15) is 12.8 Å². The number of rotatable bonds is 2. The topological polar surface area (TPSA) is 63.2 Å². The molecule has 1 heterocycles. The van der Waals surface area contributed by atoms with Gasteiger partial charge in [-0.1, -0.05) is 0 Å². The number of halogens is 1. The molecule has 0 spiro atoms. The van der Waals surface area contributed by atoms with Gasteiger partial charge in [-0.05, 0) is 0 Å². The maximum absolute atomic E-state index is 13.3. The molecular weight excluding hydrogens is 300 g/mol. The van der Waals surface area contributed by atoms with Crippen LogP contribution in [0.3, 0.4) is 0 Å². The molecule has 0 N–H and O–H groups in total. The van der Waals surface area contributed by atoms with Gasteiger partial charge in [0.25, 0.3) is 0 Å². The van der Waals surface area contributed by atoms with E-state index in [0.29, 0.717) is 0 Å². The molecule has 0 saturated carbocycles. The molecule has 0 amide bonds. The van der Waals surface area contributed by atoms with Gasteiger partial charge in [-0.2, -0.15) is 0 Å². The molecule has 0 unspecified atom stereocenters. The summed E-state index contributed by atoms with van der Waals surface area (Å²) in [5.41, 5.74) is 0.205. The van der Waals surface area contributed by atoms with Gasteiger partial charge in [0.1, 0.15) is 0 Å². The molecule has 8 heteroatoms. The van der Waals surface area contributed by atoms with Crippen molar-refractivity contribution in [2.24, 2.45) is 0 Å². The van der Waals surface area contributed by atoms with Gasteiger partial charge in [-0.25, -0.2) is 0 Å². The van der Waals surface area contributed by atoms with Crippen molar-refractivity contribution >= 4 is 36.0 Å². The number of nitrogens with zero attached hydrogens (tertiary/aromatic N) is 3. The predicted molar refractivity (Wildman–Crippen MR) is 57.3 cm³/mol. The van der Waals surface area contributed by atoms with Gasteiger partial charge in [0.15, 0.2) is 0 Å². The Labute approximate surface area is 98.2 Å². The molecular formula is C8H8FN3O2SSe. The van der Waals surface area contributed by atoms with E-state index in [1.165, 1.54) is 20.2 Å². The third-order valence-corrected chi connectivity index (χ3v) is 5.04. The second kappa shape index (κ2) is 3.88. The molecule has 0 aliphatic rings. The normalized spacial score (nSPS) is 12.5. The van der Waals surface area contributed by atoms with E-state index in [1.807, 2.05) is 0 Å². The van der Waals surface area contributed by atoms with Crippen LogP contribution in [-0.4, -0.2) is 49.7 Å². The summed E-state index contributed by atoms with van der Waals surface area (Å²) in [4.78, 5) is 0.0111. The summed E-state index contributed by atoms with van der Waals surface area (Å²) in [7, 11) is -0.758. The van der Waals surface area contributed by atoms with Crippen LogP contribution in [0.2, 0.25) is 0 Å². The first-order chi connectivity index (χ1) is 7.44. The number of sulfonamides is 1. The van der Waals surface area contributed by atoms with Crippen LogP contribution < -0.4 is 0 Å². The van der Waals surface area contributed by atoms with Crippen molar-refractivity contribution < 1.29 is 12.8 Å². The van der Waals surface area contributed by atoms with E-state index in [-0.39, 0.29) is 15.9 Å². The SMILES string of the molecule is CN(C)S(=O)(=O)c1ccc(F)c2n[se]nc12. The van der Waals surface area contributed by atoms with E-state index in [4.69, 9.17) is 0 Å². The van der Waals surface area contributed by atoms with Crippen LogP contribution >= 0.6 is 0 Å². The van der Waals surface area contributed by atoms with Crippen molar-refractivity contribution in [2.75, 3.05) is 14.1 Å². The predicted octanol–water partition coefficient (Wildman–Crippen LogP) is 0.0762. The molecule has 0 aliphatic carbocycles. The Morgan fingerprint density at radius 2 is 1.88 bits per heavy atom. The van der Waals surface area contributed by atoms with Crippen LogP contribution in [0.25, 0.3) is 11.0 Å². The summed E-state index contributed by atoms with van der Waals surface area (Å²) in [5.74, 6) is -0.532. The average molecular weight is 308 g/mol. The van der Waals surface area contributed by atoms with Gasteiger partial charge in [-0.15, -0.1) is 0 Å². The van der Waals surface area contributed by atoms with E-state index in [2.05, 4.69) is 7.96 Å². The zero-order valence-corrected chi connectivity index (χ0v) is 11.0. The molecule has 86 valence electrons. The van der Waals surface area contributed by atoms with Crippen molar-refractivity contribution in [3.8, 4) is 0 Å². The summed E-state index contributed by atoms with van der Waals surface area (Å²) < 4.78 is 46.0. The summed E-state index contributed by atoms with van der Waals surface area (Å²) in [5, 5.41) is 0. The number of aromatic nitrogens is 2. The summed E-state index contributed by atoms with van der Waals surface area (Å²) in [6.07, 6.45) is 0. The molecule has 0 saturated heterocycles. The maximum atomic E-state index is 13.3. The number of fused-ring (bicyclic) bond motifs is 1. The second-order valence-corrected chi connectivity index (χ2v) is 6.52. The molecule has 0 aliphatic heterocycles. The first-order valence-electron chi connectivity index (χ1n) is 4.28. The van der Waals surface area contributed by atoms with Crippen molar-refractivity contribution in [2.45, 2.75) is 4.90 Å². The van der Waals surface area contributed by atoms with Crippen molar-refractivity contribution in [3.63, 3.8) is 0 Å². The molecule has 16 heavy (non-hydrogen) atoms. The molecule has 0 radical (unpaired) electrons. The Morgan fingerprint density at radius 1 is 1.25 bits per heavy atom. The van der Waals surface area contributed by atoms with E-state index in [0.717, 1.165) is 10.4 Å². The molecule has 1 aromatic heterocycles.